The van der Waals surface area contributed by atoms with Gasteiger partial charge in [-0.3, -0.25) is 4.79 Å². The summed E-state index contributed by atoms with van der Waals surface area (Å²) >= 11 is 0. The Labute approximate surface area is 194 Å². The van der Waals surface area contributed by atoms with E-state index in [1.54, 1.807) is 6.07 Å². The van der Waals surface area contributed by atoms with Crippen molar-refractivity contribution in [3.8, 4) is 5.95 Å². The molecule has 2 aromatic carbocycles. The number of nitrogens with one attached hydrogen (secondary N) is 1. The number of hydrogen-bond acceptors (Lipinski definition) is 6. The van der Waals surface area contributed by atoms with Gasteiger partial charge in [-0.25, -0.2) is 8.78 Å². The summed E-state index contributed by atoms with van der Waals surface area (Å²) in [6.45, 7) is 1.19. The molecule has 3 heterocycles. The fourth-order valence-electron chi connectivity index (χ4n) is 4.29. The van der Waals surface area contributed by atoms with E-state index < -0.39 is 11.7 Å². The van der Waals surface area contributed by atoms with Crippen molar-refractivity contribution in [1.29, 1.82) is 0 Å². The Morgan fingerprint density at radius 3 is 2.79 bits per heavy atom. The standard InChI is InChI=1S/C24H23F2N7O/c1-32-8-3-2-7-17-22(28-12-14-5-4-6-15(25)9-14)30-24(31-23(17)32)33-20-11-16(26)10-18(21(27)34)19(20)13-29-33/h4-6,9-11,13H,2-3,7-8,12H2,1H3,(H2,27,34)(H,28,30,31). The molecule has 0 saturated carbocycles. The van der Waals surface area contributed by atoms with Gasteiger partial charge in [0.2, 0.25) is 5.91 Å². The van der Waals surface area contributed by atoms with E-state index in [9.17, 15) is 13.6 Å². The zero-order valence-corrected chi connectivity index (χ0v) is 18.6. The SMILES string of the molecule is CN1CCCCc2c(NCc3cccc(F)c3)nc(-n3ncc4c(C(N)=O)cc(F)cc43)nc21. The maximum absolute atomic E-state index is 14.3. The van der Waals surface area contributed by atoms with E-state index >= 15 is 0 Å². The predicted octanol–water partition coefficient (Wildman–Crippen LogP) is 3.58. The van der Waals surface area contributed by atoms with Crippen molar-refractivity contribution in [3.63, 3.8) is 0 Å². The van der Waals surface area contributed by atoms with Crippen molar-refractivity contribution in [3.05, 3.63) is 70.9 Å². The number of rotatable bonds is 5. The summed E-state index contributed by atoms with van der Waals surface area (Å²) in [5, 5.41) is 8.07. The molecule has 4 aromatic rings. The number of fused-ring (bicyclic) bond motifs is 2. The second kappa shape index (κ2) is 8.69. The average Bonchev–Trinajstić information content (AvgIpc) is 3.14. The molecule has 2 aromatic heterocycles. The normalized spacial score (nSPS) is 13.6. The lowest BCUT2D eigenvalue weighted by atomic mass is 10.1. The van der Waals surface area contributed by atoms with Crippen molar-refractivity contribution in [1.82, 2.24) is 19.7 Å². The number of primary amides is 1. The van der Waals surface area contributed by atoms with Gasteiger partial charge in [0, 0.05) is 37.2 Å². The molecule has 1 amide bonds. The maximum atomic E-state index is 14.3. The molecule has 0 saturated heterocycles. The zero-order valence-electron chi connectivity index (χ0n) is 18.6. The topological polar surface area (TPSA) is 102 Å². The number of aromatic nitrogens is 4. The summed E-state index contributed by atoms with van der Waals surface area (Å²) in [5.41, 5.74) is 7.54. The summed E-state index contributed by atoms with van der Waals surface area (Å²) < 4.78 is 29.4. The number of hydrogen-bond donors (Lipinski definition) is 2. The van der Waals surface area contributed by atoms with Gasteiger partial charge in [-0.15, -0.1) is 0 Å². The van der Waals surface area contributed by atoms with E-state index in [0.29, 0.717) is 23.3 Å². The fourth-order valence-corrected chi connectivity index (χ4v) is 4.29. The zero-order chi connectivity index (χ0) is 23.8. The van der Waals surface area contributed by atoms with Crippen LogP contribution in [0.2, 0.25) is 0 Å². The molecular formula is C24H23F2N7O. The lowest BCUT2D eigenvalue weighted by molar-refractivity contribution is 0.100. The maximum Gasteiger partial charge on any atom is 0.255 e. The first kappa shape index (κ1) is 21.7. The minimum atomic E-state index is -0.746. The van der Waals surface area contributed by atoms with Crippen LogP contribution in [0.4, 0.5) is 20.4 Å². The molecule has 0 unspecified atom stereocenters. The highest BCUT2D eigenvalue weighted by Crippen LogP contribution is 2.31. The molecule has 34 heavy (non-hydrogen) atoms. The number of carbonyl (C=O) groups excluding carboxylic acids is 1. The third-order valence-corrected chi connectivity index (χ3v) is 5.96. The van der Waals surface area contributed by atoms with Crippen LogP contribution in [0, 0.1) is 11.6 Å². The van der Waals surface area contributed by atoms with Crippen LogP contribution in [-0.2, 0) is 13.0 Å². The molecule has 5 rings (SSSR count). The molecule has 0 spiro atoms. The third-order valence-electron chi connectivity index (χ3n) is 5.96. The molecule has 1 aliphatic rings. The molecule has 0 atom stereocenters. The summed E-state index contributed by atoms with van der Waals surface area (Å²) in [4.78, 5) is 23.4. The van der Waals surface area contributed by atoms with Crippen LogP contribution in [0.15, 0.2) is 42.6 Å². The van der Waals surface area contributed by atoms with Crippen molar-refractivity contribution >= 4 is 28.4 Å². The Balaban J connectivity index is 1.63. The van der Waals surface area contributed by atoms with E-state index in [1.807, 2.05) is 13.1 Å². The minimum Gasteiger partial charge on any atom is -0.366 e. The van der Waals surface area contributed by atoms with Crippen molar-refractivity contribution < 1.29 is 13.6 Å². The number of halogens is 2. The Hall–Kier alpha value is -4.08. The Morgan fingerprint density at radius 2 is 2.00 bits per heavy atom. The first-order valence-electron chi connectivity index (χ1n) is 11.0. The van der Waals surface area contributed by atoms with Crippen LogP contribution in [0.3, 0.4) is 0 Å². The number of anilines is 2. The van der Waals surface area contributed by atoms with Gasteiger partial charge in [0.1, 0.15) is 23.3 Å². The second-order valence-electron chi connectivity index (χ2n) is 8.34. The minimum absolute atomic E-state index is 0.0394. The van der Waals surface area contributed by atoms with Gasteiger partial charge >= 0.3 is 0 Å². The molecule has 0 aliphatic carbocycles. The highest BCUT2D eigenvalue weighted by molar-refractivity contribution is 6.05. The number of nitrogens with two attached hydrogens (primary N) is 1. The van der Waals surface area contributed by atoms with Gasteiger partial charge in [0.15, 0.2) is 0 Å². The van der Waals surface area contributed by atoms with Crippen LogP contribution in [0.1, 0.15) is 34.3 Å². The van der Waals surface area contributed by atoms with Gasteiger partial charge in [-0.1, -0.05) is 12.1 Å². The van der Waals surface area contributed by atoms with E-state index in [2.05, 4.69) is 15.3 Å². The van der Waals surface area contributed by atoms with E-state index in [-0.39, 0.29) is 17.3 Å². The highest BCUT2D eigenvalue weighted by Gasteiger charge is 2.23. The Kier molecular flexibility index (Phi) is 5.56. The smallest absolute Gasteiger partial charge is 0.255 e. The summed E-state index contributed by atoms with van der Waals surface area (Å²) in [7, 11) is 1.96. The number of nitrogens with zero attached hydrogens (tertiary/aromatic N) is 5. The summed E-state index contributed by atoms with van der Waals surface area (Å²) in [6, 6.07) is 8.72. The number of amides is 1. The van der Waals surface area contributed by atoms with E-state index in [0.717, 1.165) is 48.8 Å². The largest absolute Gasteiger partial charge is 0.366 e. The second-order valence-corrected chi connectivity index (χ2v) is 8.34. The molecule has 10 heteroatoms. The van der Waals surface area contributed by atoms with E-state index in [4.69, 9.17) is 15.7 Å². The lowest BCUT2D eigenvalue weighted by Crippen LogP contribution is -2.21. The van der Waals surface area contributed by atoms with Gasteiger partial charge in [-0.05, 0) is 43.0 Å². The quantitative estimate of drug-likeness (QED) is 0.469. The first-order chi connectivity index (χ1) is 16.4. The van der Waals surface area contributed by atoms with Crippen LogP contribution < -0.4 is 16.0 Å². The summed E-state index contributed by atoms with van der Waals surface area (Å²) in [6.07, 6.45) is 4.22. The third kappa shape index (κ3) is 4.02. The molecule has 8 nitrogen and oxygen atoms in total. The first-order valence-corrected chi connectivity index (χ1v) is 11.0. The fraction of sp³-hybridized carbons (Fsp3) is 0.250. The Morgan fingerprint density at radius 1 is 1.15 bits per heavy atom. The van der Waals surface area contributed by atoms with Crippen molar-refractivity contribution in [2.75, 3.05) is 23.8 Å². The van der Waals surface area contributed by atoms with Gasteiger partial charge in [0.05, 0.1) is 17.3 Å². The number of carbonyl (C=O) groups is 1. The molecule has 0 bridgehead atoms. The van der Waals surface area contributed by atoms with Crippen LogP contribution in [0.5, 0.6) is 0 Å². The summed E-state index contributed by atoms with van der Waals surface area (Å²) in [5.74, 6) is -0.0853. The Bertz CT molecular complexity index is 1400. The van der Waals surface area contributed by atoms with Gasteiger partial charge in [0.25, 0.3) is 5.95 Å². The molecule has 1 aliphatic heterocycles. The predicted molar refractivity (Wildman–Crippen MR) is 125 cm³/mol. The van der Waals surface area contributed by atoms with Crippen LogP contribution in [0.25, 0.3) is 16.9 Å². The molecule has 0 fully saturated rings. The highest BCUT2D eigenvalue weighted by atomic mass is 19.1. The number of benzene rings is 2. The van der Waals surface area contributed by atoms with Gasteiger partial charge in [-0.2, -0.15) is 19.7 Å². The van der Waals surface area contributed by atoms with Crippen LogP contribution >= 0.6 is 0 Å². The van der Waals surface area contributed by atoms with Crippen molar-refractivity contribution in [2.45, 2.75) is 25.8 Å². The van der Waals surface area contributed by atoms with Crippen molar-refractivity contribution in [2.24, 2.45) is 5.73 Å². The molecular weight excluding hydrogens is 440 g/mol. The molecule has 174 valence electrons. The lowest BCUT2D eigenvalue weighted by Gasteiger charge is -2.21. The van der Waals surface area contributed by atoms with Gasteiger partial charge < -0.3 is 16.0 Å². The average molecular weight is 463 g/mol. The molecule has 0 radical (unpaired) electrons. The monoisotopic (exact) mass is 463 g/mol. The van der Waals surface area contributed by atoms with E-state index in [1.165, 1.54) is 29.1 Å². The van der Waals surface area contributed by atoms with Crippen LogP contribution in [-0.4, -0.2) is 39.2 Å². The molecule has 3 N–H and O–H groups in total.